The number of carbonyl (C=O) groups excluding carboxylic acids is 2. The lowest BCUT2D eigenvalue weighted by Gasteiger charge is -2.18. The fourth-order valence-electron chi connectivity index (χ4n) is 6.36. The second-order valence-corrected chi connectivity index (χ2v) is 16.3. The third-order valence-electron chi connectivity index (χ3n) is 9.69. The molecule has 2 N–H and O–H groups in total. The molecule has 0 saturated heterocycles. The van der Waals surface area contributed by atoms with Gasteiger partial charge in [-0.15, -0.1) is 0 Å². The largest absolute Gasteiger partial charge is 0.469 e. The molecule has 0 radical (unpaired) electrons. The Morgan fingerprint density at radius 2 is 0.792 bits per heavy atom. The fraction of sp³-hybridized carbons (Fsp3) is 0.864. The van der Waals surface area contributed by atoms with E-state index in [9.17, 15) is 14.2 Å². The van der Waals surface area contributed by atoms with Crippen LogP contribution in [-0.4, -0.2) is 41.0 Å². The zero-order valence-corrected chi connectivity index (χ0v) is 35.3. The van der Waals surface area contributed by atoms with Crippen LogP contribution in [0.2, 0.25) is 0 Å². The highest BCUT2D eigenvalue weighted by molar-refractivity contribution is 7.46. The van der Waals surface area contributed by atoms with Gasteiger partial charge in [-0.05, 0) is 64.2 Å². The highest BCUT2D eigenvalue weighted by Crippen LogP contribution is 2.36. The number of carbonyl (C=O) groups is 2. The SMILES string of the molecule is CCCCCCCCC/C=C\CCCCCCCC(=O)OC[C@H](COP(=O)(O)O)OC(=O)CCCCCCCCC/C=C\CCCCCCCCCC. The van der Waals surface area contributed by atoms with Crippen LogP contribution in [0.15, 0.2) is 24.3 Å². The van der Waals surface area contributed by atoms with Crippen LogP contribution in [0.4, 0.5) is 0 Å². The summed E-state index contributed by atoms with van der Waals surface area (Å²) in [4.78, 5) is 42.9. The van der Waals surface area contributed by atoms with Crippen molar-refractivity contribution in [2.24, 2.45) is 0 Å². The van der Waals surface area contributed by atoms with Crippen molar-refractivity contribution < 1.29 is 37.9 Å². The quantitative estimate of drug-likeness (QED) is 0.0273. The maximum absolute atomic E-state index is 12.4. The van der Waals surface area contributed by atoms with Crippen LogP contribution in [-0.2, 0) is 28.2 Å². The van der Waals surface area contributed by atoms with Crippen molar-refractivity contribution in [2.45, 2.75) is 232 Å². The first-order chi connectivity index (χ1) is 25.8. The molecule has 0 aliphatic heterocycles. The van der Waals surface area contributed by atoms with Gasteiger partial charge in [-0.25, -0.2) is 4.57 Å². The summed E-state index contributed by atoms with van der Waals surface area (Å²) >= 11 is 0. The number of hydrogen-bond acceptors (Lipinski definition) is 6. The molecule has 1 atom stereocenters. The zero-order chi connectivity index (χ0) is 38.9. The molecule has 53 heavy (non-hydrogen) atoms. The van der Waals surface area contributed by atoms with Crippen LogP contribution in [0, 0.1) is 0 Å². The van der Waals surface area contributed by atoms with E-state index in [1.807, 2.05) is 0 Å². The molecule has 0 spiro atoms. The maximum Gasteiger partial charge on any atom is 0.469 e. The summed E-state index contributed by atoms with van der Waals surface area (Å²) in [5.74, 6) is -0.892. The number of allylic oxidation sites excluding steroid dienone is 4. The van der Waals surface area contributed by atoms with Crippen molar-refractivity contribution in [1.29, 1.82) is 0 Å². The standard InChI is InChI=1S/C44H83O8P/c1-3-5-7-9-11-13-15-17-19-21-22-23-25-27-29-31-33-35-37-39-44(46)52-42(41-51-53(47,48)49)40-50-43(45)38-36-34-32-30-28-26-24-20-18-16-14-12-10-8-6-4-2/h20-22,24,42H,3-19,23,25-41H2,1-2H3,(H2,47,48,49)/b22-21-,24-20-/t42-/m1/s1. The molecule has 0 aromatic heterocycles. The smallest absolute Gasteiger partial charge is 0.462 e. The number of esters is 2. The monoisotopic (exact) mass is 771 g/mol. The summed E-state index contributed by atoms with van der Waals surface area (Å²) in [5, 5.41) is 0. The Morgan fingerprint density at radius 3 is 1.15 bits per heavy atom. The Labute approximate surface area is 326 Å². The molecule has 0 aliphatic rings. The molecule has 0 fully saturated rings. The summed E-state index contributed by atoms with van der Waals surface area (Å²) in [7, 11) is -4.76. The first-order valence-electron chi connectivity index (χ1n) is 22.1. The summed E-state index contributed by atoms with van der Waals surface area (Å²) in [6.07, 6.45) is 46.1. The Kier molecular flexibility index (Phi) is 39.1. The van der Waals surface area contributed by atoms with Crippen LogP contribution < -0.4 is 0 Å². The van der Waals surface area contributed by atoms with Crippen LogP contribution in [0.5, 0.6) is 0 Å². The highest BCUT2D eigenvalue weighted by Gasteiger charge is 2.22. The van der Waals surface area contributed by atoms with Gasteiger partial charge in [-0.2, -0.15) is 0 Å². The third kappa shape index (κ3) is 43.1. The molecular formula is C44H83O8P. The van der Waals surface area contributed by atoms with E-state index in [2.05, 4.69) is 42.7 Å². The fourth-order valence-corrected chi connectivity index (χ4v) is 6.72. The van der Waals surface area contributed by atoms with E-state index in [1.54, 1.807) is 0 Å². The summed E-state index contributed by atoms with van der Waals surface area (Å²) in [6.45, 7) is 3.69. The molecule has 0 aliphatic carbocycles. The highest BCUT2D eigenvalue weighted by atomic mass is 31.2. The lowest BCUT2D eigenvalue weighted by atomic mass is 10.1. The van der Waals surface area contributed by atoms with Crippen LogP contribution in [0.25, 0.3) is 0 Å². The number of unbranched alkanes of at least 4 members (excludes halogenated alkanes) is 27. The second-order valence-electron chi connectivity index (χ2n) is 15.0. The van der Waals surface area contributed by atoms with E-state index in [0.717, 1.165) is 57.8 Å². The van der Waals surface area contributed by atoms with Crippen molar-refractivity contribution in [2.75, 3.05) is 13.2 Å². The van der Waals surface area contributed by atoms with E-state index in [1.165, 1.54) is 128 Å². The Balaban J connectivity index is 3.89. The van der Waals surface area contributed by atoms with Gasteiger partial charge >= 0.3 is 19.8 Å². The first kappa shape index (κ1) is 51.5. The van der Waals surface area contributed by atoms with Gasteiger partial charge in [-0.1, -0.05) is 173 Å². The normalized spacial score (nSPS) is 12.6. The minimum absolute atomic E-state index is 0.207. The van der Waals surface area contributed by atoms with E-state index < -0.39 is 32.5 Å². The Morgan fingerprint density at radius 1 is 0.472 bits per heavy atom. The van der Waals surface area contributed by atoms with Crippen molar-refractivity contribution in [3.05, 3.63) is 24.3 Å². The predicted octanol–water partition coefficient (Wildman–Crippen LogP) is 13.6. The molecule has 0 rings (SSSR count). The predicted molar refractivity (Wildman–Crippen MR) is 221 cm³/mol. The molecule has 0 aromatic rings. The average molecular weight is 771 g/mol. The zero-order valence-electron chi connectivity index (χ0n) is 34.4. The third-order valence-corrected chi connectivity index (χ3v) is 10.2. The molecule has 0 aromatic carbocycles. The van der Waals surface area contributed by atoms with Crippen molar-refractivity contribution in [3.8, 4) is 0 Å². The van der Waals surface area contributed by atoms with Gasteiger partial charge < -0.3 is 19.3 Å². The van der Waals surface area contributed by atoms with E-state index >= 15 is 0 Å². The van der Waals surface area contributed by atoms with Gasteiger partial charge in [0.1, 0.15) is 6.61 Å². The van der Waals surface area contributed by atoms with Crippen molar-refractivity contribution >= 4 is 19.8 Å². The first-order valence-corrected chi connectivity index (χ1v) is 23.7. The Bertz CT molecular complexity index is 915. The molecule has 9 heteroatoms. The minimum atomic E-state index is -4.76. The molecular weight excluding hydrogens is 687 g/mol. The number of ether oxygens (including phenoxy) is 2. The van der Waals surface area contributed by atoms with Gasteiger partial charge in [0.2, 0.25) is 0 Å². The Hall–Kier alpha value is -1.47. The molecule has 0 heterocycles. The number of phosphoric ester groups is 1. The second kappa shape index (κ2) is 40.2. The summed E-state index contributed by atoms with van der Waals surface area (Å²) in [5.41, 5.74) is 0. The lowest BCUT2D eigenvalue weighted by Crippen LogP contribution is -2.29. The average Bonchev–Trinajstić information content (AvgIpc) is 3.13. The number of rotatable bonds is 41. The molecule has 0 unspecified atom stereocenters. The topological polar surface area (TPSA) is 119 Å². The van der Waals surface area contributed by atoms with Gasteiger partial charge in [0.05, 0.1) is 6.61 Å². The van der Waals surface area contributed by atoms with Gasteiger partial charge in [0.15, 0.2) is 6.10 Å². The number of hydrogen-bond donors (Lipinski definition) is 2. The molecule has 8 nitrogen and oxygen atoms in total. The minimum Gasteiger partial charge on any atom is -0.462 e. The van der Waals surface area contributed by atoms with Gasteiger partial charge in [0.25, 0.3) is 0 Å². The molecule has 0 amide bonds. The van der Waals surface area contributed by atoms with Gasteiger partial charge in [-0.3, -0.25) is 14.1 Å². The van der Waals surface area contributed by atoms with E-state index in [4.69, 9.17) is 19.3 Å². The van der Waals surface area contributed by atoms with Crippen molar-refractivity contribution in [1.82, 2.24) is 0 Å². The van der Waals surface area contributed by atoms with E-state index in [-0.39, 0.29) is 19.4 Å². The van der Waals surface area contributed by atoms with Crippen molar-refractivity contribution in [3.63, 3.8) is 0 Å². The molecule has 0 saturated carbocycles. The number of phosphoric acid groups is 1. The summed E-state index contributed by atoms with van der Waals surface area (Å²) in [6, 6.07) is 0. The maximum atomic E-state index is 12.4. The summed E-state index contributed by atoms with van der Waals surface area (Å²) < 4.78 is 26.4. The van der Waals surface area contributed by atoms with Crippen LogP contribution in [0.3, 0.4) is 0 Å². The molecule has 312 valence electrons. The van der Waals surface area contributed by atoms with Gasteiger partial charge in [0, 0.05) is 12.8 Å². The van der Waals surface area contributed by atoms with Crippen LogP contribution >= 0.6 is 7.82 Å². The van der Waals surface area contributed by atoms with E-state index in [0.29, 0.717) is 12.8 Å². The molecule has 0 bridgehead atoms. The van der Waals surface area contributed by atoms with Crippen LogP contribution in [0.1, 0.15) is 226 Å². The lowest BCUT2D eigenvalue weighted by molar-refractivity contribution is -0.161.